The van der Waals surface area contributed by atoms with Crippen molar-refractivity contribution in [2.24, 2.45) is 5.10 Å². The number of aromatic hydroxyl groups is 1. The molecule has 0 fully saturated rings. The first kappa shape index (κ1) is 24.7. The quantitative estimate of drug-likeness (QED) is 0.269. The van der Waals surface area contributed by atoms with Crippen molar-refractivity contribution in [1.82, 2.24) is 5.43 Å². The Morgan fingerprint density at radius 2 is 1.58 bits per heavy atom. The first-order chi connectivity index (χ1) is 17.2. The third kappa shape index (κ3) is 5.64. The Morgan fingerprint density at radius 1 is 0.944 bits per heavy atom. The fourth-order valence-corrected chi connectivity index (χ4v) is 4.94. The molecule has 0 spiro atoms. The molecule has 0 bridgehead atoms. The molecule has 4 aromatic carbocycles. The zero-order valence-electron chi connectivity index (χ0n) is 19.7. The summed E-state index contributed by atoms with van der Waals surface area (Å²) in [7, 11) is -3.81. The highest BCUT2D eigenvalue weighted by Gasteiger charge is 2.29. The molecule has 0 radical (unpaired) electrons. The average Bonchev–Trinajstić information content (AvgIpc) is 2.86. The van der Waals surface area contributed by atoms with Gasteiger partial charge in [-0.2, -0.15) is 5.10 Å². The molecule has 0 heterocycles. The van der Waals surface area contributed by atoms with E-state index >= 15 is 0 Å². The third-order valence-electron chi connectivity index (χ3n) is 5.47. The number of nitrogens with zero attached hydrogens (tertiary/aromatic N) is 2. The lowest BCUT2D eigenvalue weighted by molar-refractivity contribution is -0.121. The number of carbonyl (C=O) groups is 1. The lowest BCUT2D eigenvalue weighted by Gasteiger charge is -2.27. The summed E-state index contributed by atoms with van der Waals surface area (Å²) in [4.78, 5) is 12.8. The van der Waals surface area contributed by atoms with E-state index in [1.165, 1.54) is 13.1 Å². The molecule has 184 valence electrons. The normalized spacial score (nSPS) is 12.4. The van der Waals surface area contributed by atoms with E-state index in [2.05, 4.69) is 10.5 Å². The Bertz CT molecular complexity index is 1500. The summed E-state index contributed by atoms with van der Waals surface area (Å²) in [6.45, 7) is 1.47. The molecule has 4 rings (SSSR count). The van der Waals surface area contributed by atoms with Crippen LogP contribution < -0.4 is 14.5 Å². The van der Waals surface area contributed by atoms with Crippen LogP contribution in [0.5, 0.6) is 17.2 Å². The number of amides is 1. The fourth-order valence-electron chi connectivity index (χ4n) is 3.77. The number of rotatable bonds is 8. The van der Waals surface area contributed by atoms with Crippen LogP contribution in [0.3, 0.4) is 0 Å². The summed E-state index contributed by atoms with van der Waals surface area (Å²) in [6.07, 6.45) is 2.37. The van der Waals surface area contributed by atoms with E-state index in [1.807, 2.05) is 54.6 Å². The molecule has 0 aliphatic heterocycles. The summed E-state index contributed by atoms with van der Waals surface area (Å²) in [5.74, 6) is 0.541. The summed E-state index contributed by atoms with van der Waals surface area (Å²) >= 11 is 0. The van der Waals surface area contributed by atoms with Crippen LogP contribution in [0, 0.1) is 0 Å². The average molecular weight is 504 g/mol. The van der Waals surface area contributed by atoms with Gasteiger partial charge in [0, 0.05) is 5.56 Å². The van der Waals surface area contributed by atoms with Gasteiger partial charge in [0.15, 0.2) is 0 Å². The number of phenolic OH excluding ortho intramolecular Hbond substituents is 1. The van der Waals surface area contributed by atoms with Gasteiger partial charge >= 0.3 is 0 Å². The third-order valence-corrected chi connectivity index (χ3v) is 6.72. The second-order valence-corrected chi connectivity index (χ2v) is 9.96. The van der Waals surface area contributed by atoms with E-state index in [1.54, 1.807) is 36.4 Å². The molecule has 0 aliphatic carbocycles. The lowest BCUT2D eigenvalue weighted by Crippen LogP contribution is -2.46. The summed E-state index contributed by atoms with van der Waals surface area (Å²) in [6, 6.07) is 25.3. The molecular weight excluding hydrogens is 478 g/mol. The lowest BCUT2D eigenvalue weighted by atomic mass is 10.0. The first-order valence-corrected chi connectivity index (χ1v) is 12.9. The van der Waals surface area contributed by atoms with Crippen molar-refractivity contribution >= 4 is 38.6 Å². The van der Waals surface area contributed by atoms with Crippen molar-refractivity contribution in [1.29, 1.82) is 0 Å². The van der Waals surface area contributed by atoms with E-state index in [4.69, 9.17) is 4.74 Å². The second-order valence-electron chi connectivity index (χ2n) is 8.10. The number of hydrogen-bond donors (Lipinski definition) is 2. The van der Waals surface area contributed by atoms with E-state index in [9.17, 15) is 18.3 Å². The molecule has 0 unspecified atom stereocenters. The molecule has 0 saturated heterocycles. The van der Waals surface area contributed by atoms with Gasteiger partial charge in [-0.3, -0.25) is 9.10 Å². The van der Waals surface area contributed by atoms with Crippen LogP contribution in [0.1, 0.15) is 12.5 Å². The Balaban J connectivity index is 1.51. The standard InChI is InChI=1S/C27H25N3O5S/c1-19(27(32)29-28-18-25-24-11-7-6-8-20(24)12-17-26(25)31)30(36(2,33)34)21-13-15-23(16-14-21)35-22-9-4-3-5-10-22/h3-19,31H,1-2H3,(H,29,32)/b28-18-/t19-/m1/s1. The molecule has 0 aromatic heterocycles. The smallest absolute Gasteiger partial charge is 0.263 e. The number of fused-ring (bicyclic) bond motifs is 1. The predicted molar refractivity (Wildman–Crippen MR) is 141 cm³/mol. The van der Waals surface area contributed by atoms with Crippen LogP contribution in [0.2, 0.25) is 0 Å². The second kappa shape index (κ2) is 10.5. The maximum Gasteiger partial charge on any atom is 0.263 e. The zero-order valence-corrected chi connectivity index (χ0v) is 20.5. The minimum Gasteiger partial charge on any atom is -0.507 e. The maximum atomic E-state index is 12.8. The van der Waals surface area contributed by atoms with Gasteiger partial charge in [-0.25, -0.2) is 13.8 Å². The van der Waals surface area contributed by atoms with Crippen molar-refractivity contribution in [3.63, 3.8) is 0 Å². The molecule has 2 N–H and O–H groups in total. The summed E-state index contributed by atoms with van der Waals surface area (Å²) in [5, 5.41) is 15.9. The number of sulfonamides is 1. The number of ether oxygens (including phenoxy) is 1. The van der Waals surface area contributed by atoms with Gasteiger partial charge in [0.25, 0.3) is 5.91 Å². The first-order valence-electron chi connectivity index (χ1n) is 11.1. The van der Waals surface area contributed by atoms with Crippen molar-refractivity contribution in [3.05, 3.63) is 96.6 Å². The Hall–Kier alpha value is -4.37. The Kier molecular flexibility index (Phi) is 7.21. The van der Waals surface area contributed by atoms with Gasteiger partial charge in [0.2, 0.25) is 10.0 Å². The highest BCUT2D eigenvalue weighted by atomic mass is 32.2. The molecule has 1 amide bonds. The van der Waals surface area contributed by atoms with Crippen LogP contribution in [0.15, 0.2) is 96.1 Å². The van der Waals surface area contributed by atoms with Gasteiger partial charge in [0.05, 0.1) is 18.2 Å². The van der Waals surface area contributed by atoms with Crippen LogP contribution in [-0.2, 0) is 14.8 Å². The number of phenols is 1. The van der Waals surface area contributed by atoms with Crippen LogP contribution in [0.4, 0.5) is 5.69 Å². The van der Waals surface area contributed by atoms with Crippen LogP contribution >= 0.6 is 0 Å². The molecule has 9 heteroatoms. The number of anilines is 1. The Morgan fingerprint density at radius 3 is 2.28 bits per heavy atom. The Labute approximate surface area is 209 Å². The topological polar surface area (TPSA) is 108 Å². The largest absolute Gasteiger partial charge is 0.507 e. The number of para-hydroxylation sites is 1. The van der Waals surface area contributed by atoms with Gasteiger partial charge in [-0.05, 0) is 60.2 Å². The van der Waals surface area contributed by atoms with E-state index in [0.717, 1.165) is 21.3 Å². The number of benzene rings is 4. The SMILES string of the molecule is C[C@H](C(=O)N/N=C\c1c(O)ccc2ccccc12)N(c1ccc(Oc2ccccc2)cc1)S(C)(=O)=O. The van der Waals surface area contributed by atoms with Crippen LogP contribution in [-0.4, -0.2) is 37.9 Å². The number of nitrogens with one attached hydrogen (secondary N) is 1. The molecule has 36 heavy (non-hydrogen) atoms. The maximum absolute atomic E-state index is 12.8. The van der Waals surface area contributed by atoms with Crippen molar-refractivity contribution in [2.75, 3.05) is 10.6 Å². The van der Waals surface area contributed by atoms with Gasteiger partial charge in [-0.1, -0.05) is 48.5 Å². The van der Waals surface area contributed by atoms with Crippen molar-refractivity contribution < 1.29 is 23.1 Å². The minimum absolute atomic E-state index is 0.00956. The van der Waals surface area contributed by atoms with E-state index in [-0.39, 0.29) is 5.75 Å². The minimum atomic E-state index is -3.81. The van der Waals surface area contributed by atoms with Gasteiger partial charge in [-0.15, -0.1) is 0 Å². The monoisotopic (exact) mass is 503 g/mol. The van der Waals surface area contributed by atoms with Crippen molar-refractivity contribution in [2.45, 2.75) is 13.0 Å². The number of hydrogen-bond acceptors (Lipinski definition) is 6. The zero-order chi connectivity index (χ0) is 25.7. The van der Waals surface area contributed by atoms with Gasteiger partial charge in [0.1, 0.15) is 23.3 Å². The molecule has 0 saturated carbocycles. The highest BCUT2D eigenvalue weighted by Crippen LogP contribution is 2.27. The molecular formula is C27H25N3O5S. The molecule has 0 aliphatic rings. The number of hydrazone groups is 1. The summed E-state index contributed by atoms with van der Waals surface area (Å²) < 4.78 is 31.9. The predicted octanol–water partition coefficient (Wildman–Crippen LogP) is 4.64. The van der Waals surface area contributed by atoms with E-state index < -0.39 is 22.0 Å². The molecule has 1 atom stereocenters. The van der Waals surface area contributed by atoms with Crippen LogP contribution in [0.25, 0.3) is 10.8 Å². The summed E-state index contributed by atoms with van der Waals surface area (Å²) in [5.41, 5.74) is 3.12. The fraction of sp³-hybridized carbons (Fsp3) is 0.111. The van der Waals surface area contributed by atoms with Crippen molar-refractivity contribution in [3.8, 4) is 17.2 Å². The van der Waals surface area contributed by atoms with Gasteiger partial charge < -0.3 is 9.84 Å². The van der Waals surface area contributed by atoms with E-state index in [0.29, 0.717) is 22.7 Å². The molecule has 8 nitrogen and oxygen atoms in total. The number of carbonyl (C=O) groups excluding carboxylic acids is 1. The highest BCUT2D eigenvalue weighted by molar-refractivity contribution is 7.92. The molecule has 4 aromatic rings.